The minimum atomic E-state index is -0.586. The highest BCUT2D eigenvalue weighted by Gasteiger charge is 2.19. The number of hydrogen-bond donors (Lipinski definition) is 4. The van der Waals surface area contributed by atoms with E-state index in [0.29, 0.717) is 52.1 Å². The van der Waals surface area contributed by atoms with Crippen LogP contribution in [0, 0.1) is 10.1 Å². The second-order valence-electron chi connectivity index (χ2n) is 7.64. The Labute approximate surface area is 205 Å². The first-order chi connectivity index (χ1) is 16.2. The molecular weight excluding hydrogens is 483 g/mol. The number of pyridine rings is 1. The van der Waals surface area contributed by atoms with Crippen molar-refractivity contribution in [3.63, 3.8) is 0 Å². The zero-order valence-corrected chi connectivity index (χ0v) is 19.8. The third-order valence-corrected chi connectivity index (χ3v) is 5.54. The quantitative estimate of drug-likeness (QED) is 0.184. The van der Waals surface area contributed by atoms with E-state index in [4.69, 9.17) is 28.9 Å². The maximum absolute atomic E-state index is 12.8. The number of aliphatic hydroxyl groups is 1. The maximum atomic E-state index is 12.8. The number of anilines is 2. The highest BCUT2D eigenvalue weighted by molar-refractivity contribution is 6.36. The highest BCUT2D eigenvalue weighted by atomic mass is 35.5. The highest BCUT2D eigenvalue weighted by Crippen LogP contribution is 2.33. The predicted octanol–water partition coefficient (Wildman–Crippen LogP) is 3.96. The third-order valence-electron chi connectivity index (χ3n) is 5.00. The van der Waals surface area contributed by atoms with Crippen LogP contribution < -0.4 is 16.4 Å². The molecule has 34 heavy (non-hydrogen) atoms. The molecule has 2 aromatic heterocycles. The first kappa shape index (κ1) is 25.3. The van der Waals surface area contributed by atoms with E-state index >= 15 is 0 Å². The van der Waals surface area contributed by atoms with Crippen LogP contribution in [0.1, 0.15) is 23.7 Å². The van der Waals surface area contributed by atoms with E-state index in [-0.39, 0.29) is 24.0 Å². The number of nitrogens with two attached hydrogens (primary N) is 1. The van der Waals surface area contributed by atoms with Gasteiger partial charge in [0, 0.05) is 58.8 Å². The van der Waals surface area contributed by atoms with E-state index < -0.39 is 11.0 Å². The summed E-state index contributed by atoms with van der Waals surface area (Å²) in [6.07, 6.45) is 4.21. The van der Waals surface area contributed by atoms with E-state index in [1.807, 2.05) is 10.8 Å². The molecule has 0 aliphatic rings. The van der Waals surface area contributed by atoms with Gasteiger partial charge >= 0.3 is 5.69 Å². The van der Waals surface area contributed by atoms with E-state index in [0.717, 1.165) is 0 Å². The summed E-state index contributed by atoms with van der Waals surface area (Å²) >= 11 is 12.4. The lowest BCUT2D eigenvalue weighted by Gasteiger charge is -2.11. The fourth-order valence-electron chi connectivity index (χ4n) is 3.29. The van der Waals surface area contributed by atoms with E-state index in [9.17, 15) is 20.0 Å². The second kappa shape index (κ2) is 11.2. The number of carbonyl (C=O) groups excluding carboxylic acids is 1. The molecule has 0 saturated heterocycles. The number of benzene rings is 1. The number of nitrogens with zero attached hydrogens (tertiary/aromatic N) is 3. The zero-order chi connectivity index (χ0) is 24.8. The molecule has 0 radical (unpaired) electrons. The Morgan fingerprint density at radius 2 is 2.03 bits per heavy atom. The smallest absolute Gasteiger partial charge is 0.311 e. The number of aryl methyl sites for hydroxylation is 1. The van der Waals surface area contributed by atoms with Crippen molar-refractivity contribution in [3.05, 3.63) is 68.4 Å². The van der Waals surface area contributed by atoms with Crippen molar-refractivity contribution >= 4 is 46.4 Å². The predicted molar refractivity (Wildman–Crippen MR) is 132 cm³/mol. The van der Waals surface area contributed by atoms with Gasteiger partial charge in [-0.15, -0.1) is 0 Å². The Balaban J connectivity index is 1.73. The first-order valence-electron chi connectivity index (χ1n) is 10.4. The zero-order valence-electron chi connectivity index (χ0n) is 18.3. The minimum absolute atomic E-state index is 0.155. The van der Waals surface area contributed by atoms with Gasteiger partial charge in [-0.3, -0.25) is 14.9 Å². The summed E-state index contributed by atoms with van der Waals surface area (Å²) in [4.78, 5) is 27.1. The fourth-order valence-corrected chi connectivity index (χ4v) is 3.80. The Bertz CT molecular complexity index is 1200. The fraction of sp³-hybridized carbons (Fsp3) is 0.273. The molecule has 180 valence electrons. The van der Waals surface area contributed by atoms with Gasteiger partial charge < -0.3 is 26.0 Å². The molecule has 5 N–H and O–H groups in total. The topological polar surface area (TPSA) is 148 Å². The van der Waals surface area contributed by atoms with Crippen LogP contribution in [-0.2, 0) is 6.54 Å². The van der Waals surface area contributed by atoms with Crippen molar-refractivity contribution in [2.24, 2.45) is 0 Å². The van der Waals surface area contributed by atoms with Crippen molar-refractivity contribution in [2.45, 2.75) is 25.9 Å². The van der Waals surface area contributed by atoms with Crippen LogP contribution in [0.15, 0.2) is 42.7 Å². The molecule has 10 nitrogen and oxygen atoms in total. The van der Waals surface area contributed by atoms with Crippen molar-refractivity contribution in [1.29, 1.82) is 0 Å². The molecule has 1 unspecified atom stereocenters. The van der Waals surface area contributed by atoms with Crippen LogP contribution in [-0.4, -0.2) is 44.7 Å². The molecule has 1 aromatic carbocycles. The van der Waals surface area contributed by atoms with Crippen molar-refractivity contribution < 1.29 is 14.8 Å². The SMILES string of the molecule is CC(CO)NC(=O)c1cn(CCCNc2ccc([N+](=O)[O-])c(N)n2)cc1-c1ccc(Cl)cc1Cl. The second-order valence-corrected chi connectivity index (χ2v) is 8.49. The molecule has 1 amide bonds. The monoisotopic (exact) mass is 506 g/mol. The molecule has 3 rings (SSSR count). The molecular formula is C22H24Cl2N6O4. The van der Waals surface area contributed by atoms with Crippen molar-refractivity contribution in [2.75, 3.05) is 24.2 Å². The van der Waals surface area contributed by atoms with Gasteiger partial charge in [-0.1, -0.05) is 29.3 Å². The number of amides is 1. The summed E-state index contributed by atoms with van der Waals surface area (Å²) in [7, 11) is 0. The molecule has 0 fully saturated rings. The lowest BCUT2D eigenvalue weighted by Crippen LogP contribution is -2.35. The maximum Gasteiger partial charge on any atom is 0.311 e. The Hall–Kier alpha value is -3.34. The number of halogens is 2. The van der Waals surface area contributed by atoms with Crippen LogP contribution in [0.5, 0.6) is 0 Å². The Morgan fingerprint density at radius 1 is 1.26 bits per heavy atom. The Kier molecular flexibility index (Phi) is 8.32. The number of carbonyl (C=O) groups is 1. The molecule has 0 aliphatic heterocycles. The average molecular weight is 507 g/mol. The number of nitro groups is 1. The van der Waals surface area contributed by atoms with Gasteiger partial charge in [-0.25, -0.2) is 4.98 Å². The summed E-state index contributed by atoms with van der Waals surface area (Å²) in [5.41, 5.74) is 7.10. The number of nitrogens with one attached hydrogen (secondary N) is 2. The molecule has 12 heteroatoms. The van der Waals surface area contributed by atoms with Gasteiger partial charge in [0.1, 0.15) is 5.82 Å². The molecule has 1 atom stereocenters. The van der Waals surface area contributed by atoms with Crippen molar-refractivity contribution in [1.82, 2.24) is 14.9 Å². The molecule has 0 spiro atoms. The number of aromatic nitrogens is 2. The van der Waals surface area contributed by atoms with Crippen LogP contribution in [0.3, 0.4) is 0 Å². The van der Waals surface area contributed by atoms with Gasteiger partial charge in [0.2, 0.25) is 5.82 Å². The summed E-state index contributed by atoms with van der Waals surface area (Å²) in [6, 6.07) is 7.45. The Morgan fingerprint density at radius 3 is 2.68 bits per heavy atom. The number of hydrogen-bond acceptors (Lipinski definition) is 7. The number of nitrogen functional groups attached to an aromatic ring is 1. The van der Waals surface area contributed by atoms with E-state index in [2.05, 4.69) is 15.6 Å². The van der Waals surface area contributed by atoms with Gasteiger partial charge in [-0.05, 0) is 31.5 Å². The summed E-state index contributed by atoms with van der Waals surface area (Å²) in [5, 5.41) is 26.9. The van der Waals surface area contributed by atoms with E-state index in [1.54, 1.807) is 31.3 Å². The minimum Gasteiger partial charge on any atom is -0.394 e. The largest absolute Gasteiger partial charge is 0.394 e. The summed E-state index contributed by atoms with van der Waals surface area (Å²) < 4.78 is 1.87. The van der Waals surface area contributed by atoms with Gasteiger partial charge in [0.25, 0.3) is 5.91 Å². The van der Waals surface area contributed by atoms with Crippen LogP contribution in [0.25, 0.3) is 11.1 Å². The average Bonchev–Trinajstić information content (AvgIpc) is 3.20. The van der Waals surface area contributed by atoms with Crippen LogP contribution >= 0.6 is 23.2 Å². The normalized spacial score (nSPS) is 11.8. The van der Waals surface area contributed by atoms with Crippen LogP contribution in [0.4, 0.5) is 17.3 Å². The van der Waals surface area contributed by atoms with E-state index in [1.165, 1.54) is 12.1 Å². The van der Waals surface area contributed by atoms with Gasteiger partial charge in [0.15, 0.2) is 0 Å². The standard InChI is InChI=1S/C22H24Cl2N6O4/c1-13(12-31)27-22(32)17-11-29(10-16(17)15-4-3-14(23)9-18(15)24)8-2-7-26-20-6-5-19(30(33)34)21(25)28-20/h3-6,9-11,13,31H,2,7-8,12H2,1H3,(H,27,32)(H3,25,26,28). The van der Waals surface area contributed by atoms with Crippen LogP contribution in [0.2, 0.25) is 10.0 Å². The molecule has 0 bridgehead atoms. The molecule has 0 aliphatic carbocycles. The number of rotatable bonds is 10. The summed E-state index contributed by atoms with van der Waals surface area (Å²) in [6.45, 7) is 2.60. The lowest BCUT2D eigenvalue weighted by molar-refractivity contribution is -0.384. The third kappa shape index (κ3) is 6.16. The molecule has 2 heterocycles. The first-order valence-corrected chi connectivity index (χ1v) is 11.2. The lowest BCUT2D eigenvalue weighted by atomic mass is 10.0. The van der Waals surface area contributed by atoms with Crippen molar-refractivity contribution in [3.8, 4) is 11.1 Å². The van der Waals surface area contributed by atoms with Gasteiger partial charge in [0.05, 0.1) is 17.1 Å². The van der Waals surface area contributed by atoms with Gasteiger partial charge in [-0.2, -0.15) is 0 Å². The summed E-state index contributed by atoms with van der Waals surface area (Å²) in [5.74, 6) is -0.0510. The number of aliphatic hydroxyl groups excluding tert-OH is 1. The molecule has 0 saturated carbocycles. The molecule has 3 aromatic rings.